The predicted molar refractivity (Wildman–Crippen MR) is 76.5 cm³/mol. The van der Waals surface area contributed by atoms with Crippen LogP contribution in [0.3, 0.4) is 0 Å². The van der Waals surface area contributed by atoms with Crippen molar-refractivity contribution in [2.75, 3.05) is 5.75 Å². The topological polar surface area (TPSA) is 34.1 Å². The molecule has 0 N–H and O–H groups in total. The van der Waals surface area contributed by atoms with E-state index < -0.39 is 9.84 Å². The van der Waals surface area contributed by atoms with E-state index in [1.807, 2.05) is 19.1 Å². The Bertz CT molecular complexity index is 446. The van der Waals surface area contributed by atoms with Gasteiger partial charge in [0.15, 0.2) is 9.84 Å². The van der Waals surface area contributed by atoms with Crippen molar-refractivity contribution >= 4 is 9.84 Å². The van der Waals surface area contributed by atoms with Gasteiger partial charge in [-0.2, -0.15) is 0 Å². The highest BCUT2D eigenvalue weighted by atomic mass is 32.2. The Morgan fingerprint density at radius 2 is 1.72 bits per heavy atom. The number of rotatable bonds is 7. The molecule has 0 bridgehead atoms. The minimum atomic E-state index is -3.12. The van der Waals surface area contributed by atoms with E-state index in [0.717, 1.165) is 31.2 Å². The highest BCUT2D eigenvalue weighted by Gasteiger charge is 2.19. The van der Waals surface area contributed by atoms with Gasteiger partial charge in [-0.3, -0.25) is 0 Å². The second kappa shape index (κ2) is 6.93. The van der Waals surface area contributed by atoms with Gasteiger partial charge in [0.25, 0.3) is 0 Å². The van der Waals surface area contributed by atoms with Gasteiger partial charge in [0.1, 0.15) is 0 Å². The van der Waals surface area contributed by atoms with Crippen molar-refractivity contribution in [3.05, 3.63) is 29.8 Å². The molecule has 18 heavy (non-hydrogen) atoms. The van der Waals surface area contributed by atoms with Crippen molar-refractivity contribution in [2.24, 2.45) is 5.92 Å². The number of hydrogen-bond acceptors (Lipinski definition) is 2. The van der Waals surface area contributed by atoms with E-state index in [9.17, 15) is 8.42 Å². The Kier molecular flexibility index (Phi) is 5.86. The van der Waals surface area contributed by atoms with Crippen LogP contribution in [0, 0.1) is 12.8 Å². The fourth-order valence-electron chi connectivity index (χ4n) is 2.05. The van der Waals surface area contributed by atoms with E-state index in [1.165, 1.54) is 0 Å². The van der Waals surface area contributed by atoms with Crippen molar-refractivity contribution in [2.45, 2.75) is 51.3 Å². The zero-order chi connectivity index (χ0) is 13.6. The highest BCUT2D eigenvalue weighted by molar-refractivity contribution is 7.91. The first-order chi connectivity index (χ1) is 8.49. The van der Waals surface area contributed by atoms with Gasteiger partial charge in [0.05, 0.1) is 10.6 Å². The molecule has 0 spiro atoms. The third kappa shape index (κ3) is 4.45. The highest BCUT2D eigenvalue weighted by Crippen LogP contribution is 2.20. The molecule has 3 heteroatoms. The van der Waals surface area contributed by atoms with Gasteiger partial charge in [0.2, 0.25) is 0 Å². The van der Waals surface area contributed by atoms with E-state index in [4.69, 9.17) is 0 Å². The lowest BCUT2D eigenvalue weighted by atomic mass is 10.0. The van der Waals surface area contributed by atoms with Crippen molar-refractivity contribution in [1.82, 2.24) is 0 Å². The Labute approximate surface area is 111 Å². The van der Waals surface area contributed by atoms with Gasteiger partial charge in [0, 0.05) is 0 Å². The average Bonchev–Trinajstić information content (AvgIpc) is 2.35. The van der Waals surface area contributed by atoms with Crippen molar-refractivity contribution in [1.29, 1.82) is 0 Å². The first kappa shape index (κ1) is 15.2. The number of unbranched alkanes of at least 4 members (excludes halogenated alkanes) is 1. The molecule has 0 amide bonds. The van der Waals surface area contributed by atoms with Gasteiger partial charge in [-0.15, -0.1) is 0 Å². The maximum Gasteiger partial charge on any atom is 0.178 e. The largest absolute Gasteiger partial charge is 0.224 e. The molecule has 0 aliphatic carbocycles. The fraction of sp³-hybridized carbons (Fsp3) is 0.600. The first-order valence-corrected chi connectivity index (χ1v) is 8.44. The number of benzene rings is 1. The second-order valence-electron chi connectivity index (χ2n) is 5.01. The lowest BCUT2D eigenvalue weighted by Gasteiger charge is -2.14. The third-order valence-corrected chi connectivity index (χ3v) is 5.28. The summed E-state index contributed by atoms with van der Waals surface area (Å²) in [5.74, 6) is 0.572. The van der Waals surface area contributed by atoms with Crippen LogP contribution >= 0.6 is 0 Å². The fourth-order valence-corrected chi connectivity index (χ4v) is 3.82. The Morgan fingerprint density at radius 1 is 1.11 bits per heavy atom. The van der Waals surface area contributed by atoms with E-state index in [0.29, 0.717) is 4.90 Å². The molecular formula is C15H24O2S. The van der Waals surface area contributed by atoms with Crippen LogP contribution in [0.25, 0.3) is 0 Å². The predicted octanol–water partition coefficient (Wildman–Crippen LogP) is 3.99. The third-order valence-electron chi connectivity index (χ3n) is 3.38. The molecule has 0 heterocycles. The lowest BCUT2D eigenvalue weighted by molar-refractivity contribution is 0.483. The molecule has 1 atom stereocenters. The Morgan fingerprint density at radius 3 is 2.22 bits per heavy atom. The molecular weight excluding hydrogens is 244 g/mol. The number of aryl methyl sites for hydroxylation is 1. The summed E-state index contributed by atoms with van der Waals surface area (Å²) in [6.07, 6.45) is 4.19. The molecule has 0 aromatic heterocycles. The maximum absolute atomic E-state index is 12.3. The van der Waals surface area contributed by atoms with Crippen LogP contribution < -0.4 is 0 Å². The SMILES string of the molecule is CCCCC(CC)CS(=O)(=O)c1ccc(C)cc1. The Balaban J connectivity index is 2.77. The quantitative estimate of drug-likeness (QED) is 0.749. The summed E-state index contributed by atoms with van der Waals surface area (Å²) in [5, 5.41) is 0. The molecule has 102 valence electrons. The normalized spacial score (nSPS) is 13.5. The molecule has 0 fully saturated rings. The summed E-state index contributed by atoms with van der Waals surface area (Å²) in [6, 6.07) is 7.16. The molecule has 0 aliphatic rings. The van der Waals surface area contributed by atoms with Gasteiger partial charge >= 0.3 is 0 Å². The van der Waals surface area contributed by atoms with E-state index in [1.54, 1.807) is 12.1 Å². The zero-order valence-electron chi connectivity index (χ0n) is 11.6. The van der Waals surface area contributed by atoms with Gasteiger partial charge < -0.3 is 0 Å². The maximum atomic E-state index is 12.3. The number of hydrogen-bond donors (Lipinski definition) is 0. The second-order valence-corrected chi connectivity index (χ2v) is 7.05. The average molecular weight is 268 g/mol. The molecule has 1 aromatic carbocycles. The summed E-state index contributed by atoms with van der Waals surface area (Å²) in [4.78, 5) is 0.461. The van der Waals surface area contributed by atoms with Crippen LogP contribution in [0.1, 0.15) is 45.1 Å². The van der Waals surface area contributed by atoms with Crippen LogP contribution in [0.15, 0.2) is 29.2 Å². The van der Waals surface area contributed by atoms with Crippen molar-refractivity contribution < 1.29 is 8.42 Å². The standard InChI is InChI=1S/C15H24O2S/c1-4-6-7-14(5-2)12-18(16,17)15-10-8-13(3)9-11-15/h8-11,14H,4-7,12H2,1-3H3. The van der Waals surface area contributed by atoms with E-state index in [-0.39, 0.29) is 11.7 Å². The smallest absolute Gasteiger partial charge is 0.178 e. The molecule has 0 radical (unpaired) electrons. The lowest BCUT2D eigenvalue weighted by Crippen LogP contribution is -2.16. The molecule has 0 saturated heterocycles. The van der Waals surface area contributed by atoms with Crippen LogP contribution in [-0.4, -0.2) is 14.2 Å². The first-order valence-electron chi connectivity index (χ1n) is 6.79. The van der Waals surface area contributed by atoms with Crippen LogP contribution in [0.4, 0.5) is 0 Å². The minimum absolute atomic E-state index is 0.284. The summed E-state index contributed by atoms with van der Waals surface area (Å²) < 4.78 is 24.6. The zero-order valence-corrected chi connectivity index (χ0v) is 12.5. The monoisotopic (exact) mass is 268 g/mol. The molecule has 2 nitrogen and oxygen atoms in total. The van der Waals surface area contributed by atoms with E-state index in [2.05, 4.69) is 13.8 Å². The summed E-state index contributed by atoms with van der Waals surface area (Å²) >= 11 is 0. The minimum Gasteiger partial charge on any atom is -0.224 e. The molecule has 0 saturated carbocycles. The molecule has 1 unspecified atom stereocenters. The Hall–Kier alpha value is -0.830. The summed E-state index contributed by atoms with van der Waals surface area (Å²) in [7, 11) is -3.12. The number of sulfone groups is 1. The van der Waals surface area contributed by atoms with E-state index >= 15 is 0 Å². The van der Waals surface area contributed by atoms with Crippen LogP contribution in [0.2, 0.25) is 0 Å². The van der Waals surface area contributed by atoms with Gasteiger partial charge in [-0.1, -0.05) is 50.8 Å². The molecule has 1 aromatic rings. The van der Waals surface area contributed by atoms with Gasteiger partial charge in [-0.25, -0.2) is 8.42 Å². The van der Waals surface area contributed by atoms with Crippen LogP contribution in [0.5, 0.6) is 0 Å². The van der Waals surface area contributed by atoms with Crippen molar-refractivity contribution in [3.63, 3.8) is 0 Å². The summed E-state index contributed by atoms with van der Waals surface area (Å²) in [5.41, 5.74) is 1.09. The van der Waals surface area contributed by atoms with Crippen molar-refractivity contribution in [3.8, 4) is 0 Å². The molecule has 1 rings (SSSR count). The summed E-state index contributed by atoms with van der Waals surface area (Å²) in [6.45, 7) is 6.18. The van der Waals surface area contributed by atoms with Gasteiger partial charge in [-0.05, 0) is 31.4 Å². The van der Waals surface area contributed by atoms with Crippen LogP contribution in [-0.2, 0) is 9.84 Å². The molecule has 0 aliphatic heterocycles.